The first-order valence-corrected chi connectivity index (χ1v) is 5.61. The van der Waals surface area contributed by atoms with Gasteiger partial charge in [0.05, 0.1) is 5.69 Å². The van der Waals surface area contributed by atoms with E-state index in [1.165, 1.54) is 6.07 Å². The summed E-state index contributed by atoms with van der Waals surface area (Å²) in [6.45, 7) is 0. The Labute approximate surface area is 113 Å². The first kappa shape index (κ1) is 13.9. The summed E-state index contributed by atoms with van der Waals surface area (Å²) < 4.78 is 26.4. The van der Waals surface area contributed by atoms with Gasteiger partial charge in [0.15, 0.2) is 0 Å². The van der Waals surface area contributed by atoms with Crippen LogP contribution < -0.4 is 21.5 Å². The van der Waals surface area contributed by atoms with Crippen LogP contribution in [0.3, 0.4) is 0 Å². The molecule has 0 aliphatic rings. The van der Waals surface area contributed by atoms with Crippen LogP contribution in [0.2, 0.25) is 0 Å². The zero-order valence-corrected chi connectivity index (χ0v) is 10.9. The molecule has 106 valence electrons. The van der Waals surface area contributed by atoms with Gasteiger partial charge in [-0.1, -0.05) is 0 Å². The van der Waals surface area contributed by atoms with Crippen LogP contribution >= 0.6 is 0 Å². The molecule has 0 saturated carbocycles. The normalized spacial score (nSPS) is 10.2. The number of aromatic nitrogens is 3. The first-order chi connectivity index (χ1) is 9.49. The molecule has 1 aromatic carbocycles. The minimum Gasteiger partial charge on any atom is -0.347 e. The summed E-state index contributed by atoms with van der Waals surface area (Å²) in [5.74, 6) is 4.38. The van der Waals surface area contributed by atoms with Crippen LogP contribution in [0.5, 0.6) is 0 Å². The topological polar surface area (TPSA) is 92.0 Å². The number of anilines is 4. The van der Waals surface area contributed by atoms with Gasteiger partial charge in [0.2, 0.25) is 17.8 Å². The van der Waals surface area contributed by atoms with Crippen molar-refractivity contribution in [2.45, 2.75) is 0 Å². The lowest BCUT2D eigenvalue weighted by atomic mass is 10.3. The third kappa shape index (κ3) is 3.06. The number of nitrogen functional groups attached to an aromatic ring is 1. The van der Waals surface area contributed by atoms with E-state index in [1.807, 2.05) is 0 Å². The molecule has 1 aromatic heterocycles. The summed E-state index contributed by atoms with van der Waals surface area (Å²) in [6.07, 6.45) is 0. The van der Waals surface area contributed by atoms with Crippen LogP contribution in [-0.4, -0.2) is 29.0 Å². The fourth-order valence-corrected chi connectivity index (χ4v) is 1.40. The van der Waals surface area contributed by atoms with Crippen molar-refractivity contribution < 1.29 is 8.78 Å². The molecule has 9 heteroatoms. The van der Waals surface area contributed by atoms with E-state index in [-0.39, 0.29) is 17.6 Å². The number of halogens is 2. The van der Waals surface area contributed by atoms with Crippen molar-refractivity contribution >= 4 is 23.5 Å². The molecule has 0 aliphatic heterocycles. The molecule has 4 N–H and O–H groups in total. The van der Waals surface area contributed by atoms with Crippen LogP contribution in [0.4, 0.5) is 32.3 Å². The average molecular weight is 281 g/mol. The highest BCUT2D eigenvalue weighted by atomic mass is 19.1. The number of rotatable bonds is 4. The van der Waals surface area contributed by atoms with Gasteiger partial charge in [-0.3, -0.25) is 5.43 Å². The lowest BCUT2D eigenvalue weighted by molar-refractivity contribution is 0.586. The van der Waals surface area contributed by atoms with Crippen molar-refractivity contribution in [1.82, 2.24) is 15.0 Å². The highest BCUT2D eigenvalue weighted by Gasteiger charge is 2.10. The molecule has 2 aromatic rings. The number of nitrogens with two attached hydrogens (primary N) is 1. The van der Waals surface area contributed by atoms with E-state index in [4.69, 9.17) is 5.84 Å². The largest absolute Gasteiger partial charge is 0.347 e. The Morgan fingerprint density at radius 2 is 1.80 bits per heavy atom. The Morgan fingerprint density at radius 1 is 1.10 bits per heavy atom. The van der Waals surface area contributed by atoms with E-state index in [2.05, 4.69) is 25.7 Å². The Bertz CT molecular complexity index is 618. The maximum absolute atomic E-state index is 13.6. The Kier molecular flexibility index (Phi) is 3.89. The summed E-state index contributed by atoms with van der Waals surface area (Å²) in [5, 5.41) is 2.64. The summed E-state index contributed by atoms with van der Waals surface area (Å²) in [6, 6.07) is 3.14. The first-order valence-electron chi connectivity index (χ1n) is 5.61. The molecule has 1 heterocycles. The van der Waals surface area contributed by atoms with E-state index < -0.39 is 11.6 Å². The number of nitrogens with zero attached hydrogens (tertiary/aromatic N) is 4. The molecule has 0 bridgehead atoms. The summed E-state index contributed by atoms with van der Waals surface area (Å²) >= 11 is 0. The molecule has 2 rings (SSSR count). The van der Waals surface area contributed by atoms with Crippen LogP contribution in [-0.2, 0) is 0 Å². The third-order valence-electron chi connectivity index (χ3n) is 2.33. The fourth-order valence-electron chi connectivity index (χ4n) is 1.40. The SMILES string of the molecule is CN(C)c1nc(NN)nc(Nc2ccc(F)cc2F)n1. The number of hydrazine groups is 1. The van der Waals surface area contributed by atoms with Crippen molar-refractivity contribution in [3.63, 3.8) is 0 Å². The second kappa shape index (κ2) is 5.61. The fraction of sp³-hybridized carbons (Fsp3) is 0.182. The molecule has 0 atom stereocenters. The molecule has 0 amide bonds. The van der Waals surface area contributed by atoms with Crippen molar-refractivity contribution in [2.24, 2.45) is 5.84 Å². The quantitative estimate of drug-likeness (QED) is 0.573. The van der Waals surface area contributed by atoms with Crippen molar-refractivity contribution in [2.75, 3.05) is 29.7 Å². The molecule has 0 saturated heterocycles. The van der Waals surface area contributed by atoms with Crippen molar-refractivity contribution in [3.8, 4) is 0 Å². The second-order valence-corrected chi connectivity index (χ2v) is 4.07. The molecule has 0 radical (unpaired) electrons. The highest BCUT2D eigenvalue weighted by molar-refractivity contribution is 5.56. The smallest absolute Gasteiger partial charge is 0.243 e. The van der Waals surface area contributed by atoms with Crippen LogP contribution in [0.15, 0.2) is 18.2 Å². The average Bonchev–Trinajstić information content (AvgIpc) is 2.41. The van der Waals surface area contributed by atoms with Crippen molar-refractivity contribution in [3.05, 3.63) is 29.8 Å². The molecule has 0 aliphatic carbocycles. The second-order valence-electron chi connectivity index (χ2n) is 4.07. The van der Waals surface area contributed by atoms with Crippen LogP contribution in [0.1, 0.15) is 0 Å². The van der Waals surface area contributed by atoms with E-state index in [1.54, 1.807) is 19.0 Å². The highest BCUT2D eigenvalue weighted by Crippen LogP contribution is 2.20. The minimum atomic E-state index is -0.751. The molecule has 0 spiro atoms. The van der Waals surface area contributed by atoms with E-state index >= 15 is 0 Å². The molecule has 20 heavy (non-hydrogen) atoms. The Balaban J connectivity index is 2.34. The van der Waals surface area contributed by atoms with Gasteiger partial charge in [-0.15, -0.1) is 0 Å². The standard InChI is InChI=1S/C11H13F2N7/c1-20(2)11-17-9(16-10(18-11)19-14)15-8-4-3-6(12)5-7(8)13/h3-5H,14H2,1-2H3,(H2,15,16,17,18,19). The summed E-state index contributed by atoms with van der Waals surface area (Å²) in [5.41, 5.74) is 2.34. The lowest BCUT2D eigenvalue weighted by Gasteiger charge is -2.13. The van der Waals surface area contributed by atoms with Gasteiger partial charge in [0, 0.05) is 20.2 Å². The maximum atomic E-state index is 13.6. The number of nitrogens with one attached hydrogen (secondary N) is 2. The number of hydrogen-bond acceptors (Lipinski definition) is 7. The number of hydrogen-bond donors (Lipinski definition) is 3. The van der Waals surface area contributed by atoms with Gasteiger partial charge in [-0.25, -0.2) is 14.6 Å². The molecule has 0 fully saturated rings. The Morgan fingerprint density at radius 3 is 2.40 bits per heavy atom. The summed E-state index contributed by atoms with van der Waals surface area (Å²) in [4.78, 5) is 13.6. The lowest BCUT2D eigenvalue weighted by Crippen LogP contribution is -2.18. The summed E-state index contributed by atoms with van der Waals surface area (Å²) in [7, 11) is 3.47. The monoisotopic (exact) mass is 281 g/mol. The number of benzene rings is 1. The minimum absolute atomic E-state index is 0.0466. The van der Waals surface area contributed by atoms with E-state index in [9.17, 15) is 8.78 Å². The predicted octanol–water partition coefficient (Wildman–Crippen LogP) is 1.24. The zero-order valence-electron chi connectivity index (χ0n) is 10.9. The molecule has 0 unspecified atom stereocenters. The predicted molar refractivity (Wildman–Crippen MR) is 71.6 cm³/mol. The van der Waals surface area contributed by atoms with Gasteiger partial charge in [-0.05, 0) is 12.1 Å². The van der Waals surface area contributed by atoms with E-state index in [0.717, 1.165) is 12.1 Å². The zero-order chi connectivity index (χ0) is 14.7. The van der Waals surface area contributed by atoms with Crippen molar-refractivity contribution in [1.29, 1.82) is 0 Å². The van der Waals surface area contributed by atoms with Gasteiger partial charge in [0.1, 0.15) is 11.6 Å². The molecular formula is C11H13F2N7. The third-order valence-corrected chi connectivity index (χ3v) is 2.33. The molecule has 7 nitrogen and oxygen atoms in total. The molecular weight excluding hydrogens is 268 g/mol. The van der Waals surface area contributed by atoms with Gasteiger partial charge in [-0.2, -0.15) is 15.0 Å². The Hall–Kier alpha value is -2.55. The van der Waals surface area contributed by atoms with E-state index in [0.29, 0.717) is 5.95 Å². The van der Waals surface area contributed by atoms with Crippen LogP contribution in [0.25, 0.3) is 0 Å². The maximum Gasteiger partial charge on any atom is 0.243 e. The van der Waals surface area contributed by atoms with Gasteiger partial charge >= 0.3 is 0 Å². The van der Waals surface area contributed by atoms with Gasteiger partial charge in [0.25, 0.3) is 0 Å². The van der Waals surface area contributed by atoms with Crippen LogP contribution in [0, 0.1) is 11.6 Å². The van der Waals surface area contributed by atoms with Gasteiger partial charge < -0.3 is 10.2 Å².